The number of rotatable bonds is 5. The van der Waals surface area contributed by atoms with Crippen LogP contribution in [-0.2, 0) is 14.3 Å². The van der Waals surface area contributed by atoms with Crippen LogP contribution in [0.1, 0.15) is 6.92 Å². The van der Waals surface area contributed by atoms with Gasteiger partial charge in [-0.25, -0.2) is 4.79 Å². The second kappa shape index (κ2) is 7.35. The molecule has 0 fully saturated rings. The number of ether oxygens (including phenoxy) is 1. The van der Waals surface area contributed by atoms with Gasteiger partial charge in [-0.3, -0.25) is 4.79 Å². The zero-order valence-electron chi connectivity index (χ0n) is 11.1. The predicted octanol–water partition coefficient (Wildman–Crippen LogP) is 2.67. The minimum Gasteiger partial charge on any atom is -0.391 e. The average molecular weight is 321 g/mol. The van der Waals surface area contributed by atoms with E-state index in [4.69, 9.17) is 0 Å². The number of esters is 2. The molecular formula is C13H14F3NO3S. The maximum absolute atomic E-state index is 12.5. The molecule has 4 nitrogen and oxygen atoms in total. The number of carbonyl (C=O) groups is 2. The number of carbonyl (C=O) groups excluding carboxylic acids is 2. The largest absolute Gasteiger partial charge is 0.403 e. The number of thiol groups is 1. The third-order valence-electron chi connectivity index (χ3n) is 2.57. The number of nitrogens with one attached hydrogen (secondary N) is 1. The highest BCUT2D eigenvalue weighted by Crippen LogP contribution is 2.28. The summed E-state index contributed by atoms with van der Waals surface area (Å²) in [6.07, 6.45) is -4.80. The van der Waals surface area contributed by atoms with Crippen molar-refractivity contribution in [2.45, 2.75) is 19.1 Å². The molecule has 0 spiro atoms. The molecule has 0 bridgehead atoms. The number of alkyl halides is 3. The minimum atomic E-state index is -4.80. The van der Waals surface area contributed by atoms with Crippen LogP contribution in [0.5, 0.6) is 0 Å². The fourth-order valence-electron chi connectivity index (χ4n) is 1.41. The van der Waals surface area contributed by atoms with E-state index in [1.807, 2.05) is 0 Å². The van der Waals surface area contributed by atoms with Gasteiger partial charge in [0, 0.05) is 11.4 Å². The molecule has 1 unspecified atom stereocenters. The van der Waals surface area contributed by atoms with Crippen molar-refractivity contribution in [3.63, 3.8) is 0 Å². The van der Waals surface area contributed by atoms with E-state index < -0.39 is 35.8 Å². The first-order valence-corrected chi connectivity index (χ1v) is 6.63. The summed E-state index contributed by atoms with van der Waals surface area (Å²) >= 11 is 3.45. The molecule has 1 rings (SSSR count). The quantitative estimate of drug-likeness (QED) is 0.497. The Morgan fingerprint density at radius 3 is 2.29 bits per heavy atom. The summed E-state index contributed by atoms with van der Waals surface area (Å²) < 4.78 is 41.7. The number of benzene rings is 1. The summed E-state index contributed by atoms with van der Waals surface area (Å²) in [7, 11) is 0. The second-order valence-corrected chi connectivity index (χ2v) is 4.61. The molecule has 0 aromatic heterocycles. The van der Waals surface area contributed by atoms with E-state index in [-0.39, 0.29) is 0 Å². The molecule has 0 radical (unpaired) electrons. The number of hydrogen-bond acceptors (Lipinski definition) is 5. The maximum Gasteiger partial charge on any atom is 0.403 e. The van der Waals surface area contributed by atoms with Crippen molar-refractivity contribution in [1.82, 2.24) is 0 Å². The molecule has 0 saturated heterocycles. The van der Waals surface area contributed by atoms with E-state index in [2.05, 4.69) is 22.7 Å². The van der Waals surface area contributed by atoms with Gasteiger partial charge in [0.2, 0.25) is 0 Å². The van der Waals surface area contributed by atoms with Crippen LogP contribution in [0.3, 0.4) is 0 Å². The van der Waals surface area contributed by atoms with Gasteiger partial charge in [0.1, 0.15) is 6.04 Å². The van der Waals surface area contributed by atoms with Crippen molar-refractivity contribution >= 4 is 30.3 Å². The Bertz CT molecular complexity index is 493. The Morgan fingerprint density at radius 1 is 1.24 bits per heavy atom. The Balaban J connectivity index is 2.61. The topological polar surface area (TPSA) is 55.4 Å². The van der Waals surface area contributed by atoms with Crippen LogP contribution in [0, 0.1) is 5.92 Å². The average Bonchev–Trinajstić information content (AvgIpc) is 2.38. The molecule has 1 aromatic carbocycles. The van der Waals surface area contributed by atoms with Crippen LogP contribution >= 0.6 is 12.6 Å². The number of hydrogen-bond donors (Lipinski definition) is 2. The van der Waals surface area contributed by atoms with E-state index in [0.717, 1.165) is 0 Å². The van der Waals surface area contributed by atoms with Crippen LogP contribution in [0.25, 0.3) is 0 Å². The minimum absolute atomic E-state index is 0.580. The molecule has 21 heavy (non-hydrogen) atoms. The van der Waals surface area contributed by atoms with Gasteiger partial charge >= 0.3 is 18.1 Å². The molecule has 0 aliphatic carbocycles. The van der Waals surface area contributed by atoms with Crippen molar-refractivity contribution in [3.8, 4) is 0 Å². The number of anilines is 1. The molecule has 8 heteroatoms. The number of para-hydroxylation sites is 1. The van der Waals surface area contributed by atoms with Crippen LogP contribution in [0.2, 0.25) is 0 Å². The van der Waals surface area contributed by atoms with Crippen LogP contribution in [0.15, 0.2) is 30.3 Å². The molecule has 0 aliphatic rings. The van der Waals surface area contributed by atoms with Crippen LogP contribution < -0.4 is 5.32 Å². The van der Waals surface area contributed by atoms with E-state index in [1.165, 1.54) is 6.92 Å². The summed E-state index contributed by atoms with van der Waals surface area (Å²) in [4.78, 5) is 23.0. The lowest BCUT2D eigenvalue weighted by atomic mass is 10.2. The normalized spacial score (nSPS) is 14.1. The summed E-state index contributed by atoms with van der Waals surface area (Å²) in [6, 6.07) is 7.55. The molecule has 1 aromatic rings. The molecule has 0 aliphatic heterocycles. The highest BCUT2D eigenvalue weighted by atomic mass is 32.1. The molecule has 2 atom stereocenters. The number of halogens is 3. The second-order valence-electron chi connectivity index (χ2n) is 4.25. The molecule has 0 saturated carbocycles. The zero-order valence-corrected chi connectivity index (χ0v) is 11.9. The predicted molar refractivity (Wildman–Crippen MR) is 74.0 cm³/mol. The zero-order chi connectivity index (χ0) is 16.0. The molecule has 1 N–H and O–H groups in total. The lowest BCUT2D eigenvalue weighted by Gasteiger charge is -2.18. The van der Waals surface area contributed by atoms with Crippen molar-refractivity contribution < 1.29 is 27.5 Å². The van der Waals surface area contributed by atoms with Gasteiger partial charge in [-0.15, -0.1) is 0 Å². The van der Waals surface area contributed by atoms with E-state index >= 15 is 0 Å². The Labute approximate surface area is 125 Å². The molecule has 0 amide bonds. The Kier molecular flexibility index (Phi) is 6.07. The summed E-state index contributed by atoms with van der Waals surface area (Å²) in [5, 5.41) is 2.72. The monoisotopic (exact) mass is 321 g/mol. The molecular weight excluding hydrogens is 307 g/mol. The summed E-state index contributed by atoms with van der Waals surface area (Å²) in [5.41, 5.74) is 0.580. The van der Waals surface area contributed by atoms with Gasteiger partial charge < -0.3 is 10.1 Å². The standard InChI is InChI=1S/C13H14F3NO3S/c1-8(17-9-5-3-2-4-6-9)11(18)20-12(19)10(7-21)13(14,15)16/h2-6,8,10,17,21H,7H2,1H3/t8-,10?/m0/s1. The van der Waals surface area contributed by atoms with E-state index in [9.17, 15) is 22.8 Å². The first-order chi connectivity index (χ1) is 9.75. The Hall–Kier alpha value is -1.70. The SMILES string of the molecule is C[C@H](Nc1ccccc1)C(=O)OC(=O)C(CS)C(F)(F)F. The van der Waals surface area contributed by atoms with Crippen molar-refractivity contribution in [2.75, 3.05) is 11.1 Å². The van der Waals surface area contributed by atoms with Gasteiger partial charge in [0.25, 0.3) is 0 Å². The van der Waals surface area contributed by atoms with Gasteiger partial charge in [-0.1, -0.05) is 18.2 Å². The fraction of sp³-hybridized carbons (Fsp3) is 0.385. The first-order valence-electron chi connectivity index (χ1n) is 6.00. The van der Waals surface area contributed by atoms with Crippen molar-refractivity contribution in [1.29, 1.82) is 0 Å². The third kappa shape index (κ3) is 5.30. The lowest BCUT2D eigenvalue weighted by Crippen LogP contribution is -2.38. The van der Waals surface area contributed by atoms with Crippen LogP contribution in [0.4, 0.5) is 18.9 Å². The smallest absolute Gasteiger partial charge is 0.391 e. The summed E-state index contributed by atoms with van der Waals surface area (Å²) in [6.45, 7) is 1.38. The van der Waals surface area contributed by atoms with Gasteiger partial charge in [0.05, 0.1) is 0 Å². The van der Waals surface area contributed by atoms with Gasteiger partial charge in [-0.2, -0.15) is 25.8 Å². The van der Waals surface area contributed by atoms with E-state index in [0.29, 0.717) is 5.69 Å². The van der Waals surface area contributed by atoms with Gasteiger partial charge in [-0.05, 0) is 19.1 Å². The first kappa shape index (κ1) is 17.4. The van der Waals surface area contributed by atoms with Crippen LogP contribution in [-0.4, -0.2) is 29.9 Å². The van der Waals surface area contributed by atoms with Gasteiger partial charge in [0.15, 0.2) is 5.92 Å². The van der Waals surface area contributed by atoms with Crippen molar-refractivity contribution in [2.24, 2.45) is 5.92 Å². The van der Waals surface area contributed by atoms with E-state index in [1.54, 1.807) is 30.3 Å². The highest BCUT2D eigenvalue weighted by molar-refractivity contribution is 7.80. The molecule has 116 valence electrons. The van der Waals surface area contributed by atoms with Crippen molar-refractivity contribution in [3.05, 3.63) is 30.3 Å². The maximum atomic E-state index is 12.5. The summed E-state index contributed by atoms with van der Waals surface area (Å²) in [5.74, 6) is -5.94. The third-order valence-corrected chi connectivity index (χ3v) is 2.94. The Morgan fingerprint density at radius 2 is 1.81 bits per heavy atom. The highest BCUT2D eigenvalue weighted by Gasteiger charge is 2.46. The molecule has 0 heterocycles. The lowest BCUT2D eigenvalue weighted by molar-refractivity contribution is -0.194. The fourth-order valence-corrected chi connectivity index (χ4v) is 1.77.